The third-order valence-corrected chi connectivity index (χ3v) is 3.00. The summed E-state index contributed by atoms with van der Waals surface area (Å²) in [6.45, 7) is 0. The molecule has 0 aliphatic heterocycles. The van der Waals surface area contributed by atoms with Gasteiger partial charge in [-0.2, -0.15) is 13.2 Å². The molecule has 5 heteroatoms. The molecule has 20 heavy (non-hydrogen) atoms. The lowest BCUT2D eigenvalue weighted by atomic mass is 10.0. The highest BCUT2D eigenvalue weighted by Crippen LogP contribution is 2.30. The van der Waals surface area contributed by atoms with E-state index < -0.39 is 11.7 Å². The van der Waals surface area contributed by atoms with Gasteiger partial charge < -0.3 is 10.5 Å². The number of hydrogen-bond acceptors (Lipinski definition) is 2. The van der Waals surface area contributed by atoms with Gasteiger partial charge in [-0.25, -0.2) is 0 Å². The van der Waals surface area contributed by atoms with E-state index in [4.69, 9.17) is 10.5 Å². The second-order valence-electron chi connectivity index (χ2n) is 4.44. The van der Waals surface area contributed by atoms with Crippen LogP contribution in [-0.2, 0) is 12.6 Å². The van der Waals surface area contributed by atoms with E-state index in [0.717, 1.165) is 17.7 Å². The normalized spacial score (nSPS) is 11.4. The second-order valence-corrected chi connectivity index (χ2v) is 4.44. The van der Waals surface area contributed by atoms with E-state index in [1.54, 1.807) is 24.3 Å². The molecule has 0 aliphatic rings. The van der Waals surface area contributed by atoms with Gasteiger partial charge >= 0.3 is 6.18 Å². The molecule has 0 aromatic heterocycles. The number of nitrogen functional groups attached to an aromatic ring is 1. The van der Waals surface area contributed by atoms with Crippen molar-refractivity contribution in [1.29, 1.82) is 0 Å². The summed E-state index contributed by atoms with van der Waals surface area (Å²) in [7, 11) is 1.53. The minimum absolute atomic E-state index is 0.347. The molecule has 106 valence electrons. The highest BCUT2D eigenvalue weighted by atomic mass is 19.4. The number of methoxy groups -OCH3 is 1. The predicted molar refractivity (Wildman–Crippen MR) is 71.7 cm³/mol. The molecule has 0 saturated heterocycles. The summed E-state index contributed by atoms with van der Waals surface area (Å²) < 4.78 is 43.0. The van der Waals surface area contributed by atoms with Crippen LogP contribution in [0.4, 0.5) is 18.9 Å². The van der Waals surface area contributed by atoms with Crippen LogP contribution in [0.3, 0.4) is 0 Å². The van der Waals surface area contributed by atoms with E-state index in [-0.39, 0.29) is 0 Å². The first kappa shape index (κ1) is 14.2. The predicted octanol–water partition coefficient (Wildman–Crippen LogP) is 3.89. The second kappa shape index (κ2) is 5.45. The standard InChI is InChI=1S/C15H14F3NO/c1-20-13-6-5-11(14(19)9-13)7-10-3-2-4-12(8-10)15(16,17)18/h2-6,8-9H,7,19H2,1H3. The van der Waals surface area contributed by atoms with Gasteiger partial charge in [-0.1, -0.05) is 24.3 Å². The number of alkyl halides is 3. The van der Waals surface area contributed by atoms with Crippen molar-refractivity contribution >= 4 is 5.69 Å². The lowest BCUT2D eigenvalue weighted by Gasteiger charge is -2.10. The Morgan fingerprint density at radius 1 is 1.10 bits per heavy atom. The summed E-state index contributed by atoms with van der Waals surface area (Å²) in [6.07, 6.45) is -3.98. The van der Waals surface area contributed by atoms with Gasteiger partial charge in [-0.05, 0) is 29.7 Å². The lowest BCUT2D eigenvalue weighted by Crippen LogP contribution is -2.05. The minimum Gasteiger partial charge on any atom is -0.497 e. The van der Waals surface area contributed by atoms with Crippen LogP contribution in [0.2, 0.25) is 0 Å². The molecule has 0 heterocycles. The summed E-state index contributed by atoms with van der Waals surface area (Å²) in [4.78, 5) is 0. The number of halogens is 3. The lowest BCUT2D eigenvalue weighted by molar-refractivity contribution is -0.137. The first-order valence-electron chi connectivity index (χ1n) is 5.98. The number of nitrogens with two attached hydrogens (primary N) is 1. The van der Waals surface area contributed by atoms with E-state index >= 15 is 0 Å². The van der Waals surface area contributed by atoms with Gasteiger partial charge in [-0.3, -0.25) is 0 Å². The average molecular weight is 281 g/mol. The Kier molecular flexibility index (Phi) is 3.88. The van der Waals surface area contributed by atoms with Crippen LogP contribution in [0.1, 0.15) is 16.7 Å². The molecule has 2 aromatic carbocycles. The first-order chi connectivity index (χ1) is 9.40. The van der Waals surface area contributed by atoms with Crippen LogP contribution in [-0.4, -0.2) is 7.11 Å². The maximum atomic E-state index is 12.6. The zero-order valence-electron chi connectivity index (χ0n) is 10.9. The summed E-state index contributed by atoms with van der Waals surface area (Å²) in [5.41, 5.74) is 7.05. The Morgan fingerprint density at radius 3 is 2.45 bits per heavy atom. The number of rotatable bonds is 3. The Bertz CT molecular complexity index is 608. The molecule has 0 unspecified atom stereocenters. The van der Waals surface area contributed by atoms with Crippen molar-refractivity contribution in [2.75, 3.05) is 12.8 Å². The van der Waals surface area contributed by atoms with Gasteiger partial charge in [0.05, 0.1) is 12.7 Å². The Hall–Kier alpha value is -2.17. The zero-order valence-corrected chi connectivity index (χ0v) is 10.9. The highest BCUT2D eigenvalue weighted by molar-refractivity contribution is 5.53. The number of benzene rings is 2. The molecule has 0 aliphatic carbocycles. The first-order valence-corrected chi connectivity index (χ1v) is 5.98. The Balaban J connectivity index is 2.26. The largest absolute Gasteiger partial charge is 0.497 e. The van der Waals surface area contributed by atoms with Gasteiger partial charge in [-0.15, -0.1) is 0 Å². The third kappa shape index (κ3) is 3.23. The van der Waals surface area contributed by atoms with Gasteiger partial charge in [0.15, 0.2) is 0 Å². The summed E-state index contributed by atoms with van der Waals surface area (Å²) in [5, 5.41) is 0. The fourth-order valence-corrected chi connectivity index (χ4v) is 1.94. The van der Waals surface area contributed by atoms with Gasteiger partial charge in [0, 0.05) is 11.8 Å². The van der Waals surface area contributed by atoms with Crippen LogP contribution >= 0.6 is 0 Å². The topological polar surface area (TPSA) is 35.2 Å². The number of hydrogen-bond donors (Lipinski definition) is 1. The smallest absolute Gasteiger partial charge is 0.416 e. The molecule has 0 atom stereocenters. The van der Waals surface area contributed by atoms with E-state index in [1.165, 1.54) is 13.2 Å². The van der Waals surface area contributed by atoms with E-state index in [9.17, 15) is 13.2 Å². The monoisotopic (exact) mass is 281 g/mol. The van der Waals surface area contributed by atoms with Crippen molar-refractivity contribution in [3.05, 3.63) is 59.2 Å². The maximum Gasteiger partial charge on any atom is 0.416 e. The van der Waals surface area contributed by atoms with Gasteiger partial charge in [0.1, 0.15) is 5.75 Å². The molecule has 2 N–H and O–H groups in total. The van der Waals surface area contributed by atoms with Crippen LogP contribution < -0.4 is 10.5 Å². The van der Waals surface area contributed by atoms with E-state index in [2.05, 4.69) is 0 Å². The van der Waals surface area contributed by atoms with Crippen LogP contribution in [0, 0.1) is 0 Å². The van der Waals surface area contributed by atoms with Crippen LogP contribution in [0.15, 0.2) is 42.5 Å². The molecule has 0 fully saturated rings. The summed E-state index contributed by atoms with van der Waals surface area (Å²) in [6, 6.07) is 10.4. The Labute approximate surface area is 115 Å². The molecule has 2 aromatic rings. The molecule has 2 nitrogen and oxygen atoms in total. The van der Waals surface area contributed by atoms with Crippen molar-refractivity contribution < 1.29 is 17.9 Å². The van der Waals surface area contributed by atoms with Crippen LogP contribution in [0.5, 0.6) is 5.75 Å². The average Bonchev–Trinajstić information content (AvgIpc) is 2.40. The third-order valence-electron chi connectivity index (χ3n) is 3.00. The number of anilines is 1. The number of ether oxygens (including phenoxy) is 1. The molecule has 0 amide bonds. The molecule has 2 rings (SSSR count). The van der Waals surface area contributed by atoms with E-state index in [0.29, 0.717) is 23.4 Å². The van der Waals surface area contributed by atoms with Crippen molar-refractivity contribution in [3.63, 3.8) is 0 Å². The quantitative estimate of drug-likeness (QED) is 0.866. The molecule has 0 bridgehead atoms. The van der Waals surface area contributed by atoms with Crippen molar-refractivity contribution in [1.82, 2.24) is 0 Å². The van der Waals surface area contributed by atoms with Crippen LogP contribution in [0.25, 0.3) is 0 Å². The minimum atomic E-state index is -4.33. The molecule has 0 saturated carbocycles. The maximum absolute atomic E-state index is 12.6. The molecular weight excluding hydrogens is 267 g/mol. The molecule has 0 radical (unpaired) electrons. The summed E-state index contributed by atoms with van der Waals surface area (Å²) in [5.74, 6) is 0.621. The highest BCUT2D eigenvalue weighted by Gasteiger charge is 2.30. The van der Waals surface area contributed by atoms with Gasteiger partial charge in [0.25, 0.3) is 0 Å². The summed E-state index contributed by atoms with van der Waals surface area (Å²) >= 11 is 0. The fourth-order valence-electron chi connectivity index (χ4n) is 1.94. The van der Waals surface area contributed by atoms with Crippen molar-refractivity contribution in [3.8, 4) is 5.75 Å². The fraction of sp³-hybridized carbons (Fsp3) is 0.200. The van der Waals surface area contributed by atoms with E-state index in [1.807, 2.05) is 0 Å². The van der Waals surface area contributed by atoms with Crippen molar-refractivity contribution in [2.45, 2.75) is 12.6 Å². The SMILES string of the molecule is COc1ccc(Cc2cccc(C(F)(F)F)c2)c(N)c1. The Morgan fingerprint density at radius 2 is 1.85 bits per heavy atom. The molecular formula is C15H14F3NO. The molecule has 0 spiro atoms. The zero-order chi connectivity index (χ0) is 14.8. The van der Waals surface area contributed by atoms with Gasteiger partial charge in [0.2, 0.25) is 0 Å². The van der Waals surface area contributed by atoms with Crippen molar-refractivity contribution in [2.24, 2.45) is 0 Å².